The highest BCUT2D eigenvalue weighted by Gasteiger charge is 2.02. The number of nitrogens with one attached hydrogen (secondary N) is 1. The lowest BCUT2D eigenvalue weighted by atomic mass is 10.2. The van der Waals surface area contributed by atoms with Gasteiger partial charge in [-0.3, -0.25) is 5.43 Å². The molecule has 0 aliphatic carbocycles. The first-order valence-electron chi connectivity index (χ1n) is 7.19. The Bertz CT molecular complexity index is 826. The van der Waals surface area contributed by atoms with Gasteiger partial charge in [0.2, 0.25) is 5.13 Å². The number of hydrogen-bond donors (Lipinski definition) is 1. The standard InChI is InChI=1S/C17H15N3O3S/c1-22-16(21)11-23-13-8-6-12(7-9-13)10-18-20-17-19-14-4-2-3-5-15(14)24-17/h2-10H,11H2,1H3,(H,19,20)/b18-10+. The summed E-state index contributed by atoms with van der Waals surface area (Å²) in [4.78, 5) is 15.4. The lowest BCUT2D eigenvalue weighted by Gasteiger charge is -2.04. The van der Waals surface area contributed by atoms with Gasteiger partial charge < -0.3 is 9.47 Å². The van der Waals surface area contributed by atoms with Crippen LogP contribution in [0.15, 0.2) is 53.6 Å². The van der Waals surface area contributed by atoms with Crippen LogP contribution in [0.4, 0.5) is 5.13 Å². The van der Waals surface area contributed by atoms with Crippen molar-refractivity contribution < 1.29 is 14.3 Å². The average molecular weight is 341 g/mol. The van der Waals surface area contributed by atoms with Crippen molar-refractivity contribution in [3.8, 4) is 5.75 Å². The number of hydrogen-bond acceptors (Lipinski definition) is 7. The number of benzene rings is 2. The van der Waals surface area contributed by atoms with E-state index in [0.717, 1.165) is 20.9 Å². The van der Waals surface area contributed by atoms with Gasteiger partial charge in [-0.2, -0.15) is 5.10 Å². The second-order valence-electron chi connectivity index (χ2n) is 4.79. The van der Waals surface area contributed by atoms with Gasteiger partial charge in [0.25, 0.3) is 0 Å². The van der Waals surface area contributed by atoms with Crippen LogP contribution in [-0.2, 0) is 9.53 Å². The number of rotatable bonds is 6. The van der Waals surface area contributed by atoms with Crippen LogP contribution in [0.2, 0.25) is 0 Å². The number of carbonyl (C=O) groups is 1. The van der Waals surface area contributed by atoms with Crippen molar-refractivity contribution in [2.24, 2.45) is 5.10 Å². The van der Waals surface area contributed by atoms with E-state index in [1.807, 2.05) is 36.4 Å². The SMILES string of the molecule is COC(=O)COc1ccc(/C=N/Nc2nc3ccccc3s2)cc1. The minimum atomic E-state index is -0.416. The Morgan fingerprint density at radius 2 is 2.04 bits per heavy atom. The Kier molecular flexibility index (Phi) is 5.02. The van der Waals surface area contributed by atoms with Gasteiger partial charge in [0.05, 0.1) is 23.5 Å². The molecule has 122 valence electrons. The third kappa shape index (κ3) is 4.08. The fourth-order valence-corrected chi connectivity index (χ4v) is 2.75. The summed E-state index contributed by atoms with van der Waals surface area (Å²) in [5.41, 5.74) is 4.78. The molecule has 0 fully saturated rings. The summed E-state index contributed by atoms with van der Waals surface area (Å²) >= 11 is 1.55. The van der Waals surface area contributed by atoms with Crippen LogP contribution in [0.1, 0.15) is 5.56 Å². The first-order valence-corrected chi connectivity index (χ1v) is 8.00. The molecule has 0 unspecified atom stereocenters. The van der Waals surface area contributed by atoms with E-state index < -0.39 is 5.97 Å². The summed E-state index contributed by atoms with van der Waals surface area (Å²) in [5.74, 6) is 0.178. The molecule has 0 bridgehead atoms. The fraction of sp³-hybridized carbons (Fsp3) is 0.118. The number of thiazole rings is 1. The van der Waals surface area contributed by atoms with Crippen LogP contribution in [0.25, 0.3) is 10.2 Å². The Morgan fingerprint density at radius 3 is 2.79 bits per heavy atom. The zero-order valence-corrected chi connectivity index (χ0v) is 13.7. The Hall–Kier alpha value is -2.93. The normalized spacial score (nSPS) is 10.9. The topological polar surface area (TPSA) is 72.8 Å². The molecule has 24 heavy (non-hydrogen) atoms. The maximum Gasteiger partial charge on any atom is 0.343 e. The third-order valence-electron chi connectivity index (χ3n) is 3.13. The molecule has 2 aromatic carbocycles. The van der Waals surface area contributed by atoms with Crippen molar-refractivity contribution in [3.05, 3.63) is 54.1 Å². The number of methoxy groups -OCH3 is 1. The molecule has 0 saturated carbocycles. The molecule has 6 nitrogen and oxygen atoms in total. The predicted molar refractivity (Wildman–Crippen MR) is 94.8 cm³/mol. The van der Waals surface area contributed by atoms with E-state index in [-0.39, 0.29) is 6.61 Å². The van der Waals surface area contributed by atoms with Crippen molar-refractivity contribution in [2.45, 2.75) is 0 Å². The summed E-state index contributed by atoms with van der Waals surface area (Å²) < 4.78 is 10.9. The summed E-state index contributed by atoms with van der Waals surface area (Å²) in [5, 5.41) is 4.92. The van der Waals surface area contributed by atoms with Crippen LogP contribution >= 0.6 is 11.3 Å². The van der Waals surface area contributed by atoms with E-state index in [1.54, 1.807) is 29.7 Å². The van der Waals surface area contributed by atoms with Crippen molar-refractivity contribution in [1.82, 2.24) is 4.98 Å². The van der Waals surface area contributed by atoms with Gasteiger partial charge in [0.1, 0.15) is 5.75 Å². The molecule has 1 N–H and O–H groups in total. The van der Waals surface area contributed by atoms with E-state index in [2.05, 4.69) is 20.2 Å². The van der Waals surface area contributed by atoms with Gasteiger partial charge in [0.15, 0.2) is 6.61 Å². The maximum absolute atomic E-state index is 11.0. The van der Waals surface area contributed by atoms with Crippen LogP contribution < -0.4 is 10.2 Å². The molecular formula is C17H15N3O3S. The average Bonchev–Trinajstić information content (AvgIpc) is 3.03. The largest absolute Gasteiger partial charge is 0.482 e. The van der Waals surface area contributed by atoms with Gasteiger partial charge in [-0.25, -0.2) is 9.78 Å². The molecule has 3 aromatic rings. The minimum absolute atomic E-state index is 0.108. The number of anilines is 1. The molecule has 0 atom stereocenters. The first kappa shape index (κ1) is 15.9. The molecule has 1 aromatic heterocycles. The highest BCUT2D eigenvalue weighted by molar-refractivity contribution is 7.22. The lowest BCUT2D eigenvalue weighted by Crippen LogP contribution is -2.12. The van der Waals surface area contributed by atoms with Crippen LogP contribution in [0.5, 0.6) is 5.75 Å². The Balaban J connectivity index is 1.57. The molecule has 7 heteroatoms. The highest BCUT2D eigenvalue weighted by atomic mass is 32.1. The van der Waals surface area contributed by atoms with Gasteiger partial charge in [-0.15, -0.1) is 0 Å². The van der Waals surface area contributed by atoms with E-state index in [0.29, 0.717) is 5.75 Å². The van der Waals surface area contributed by atoms with Crippen molar-refractivity contribution >= 4 is 38.9 Å². The van der Waals surface area contributed by atoms with Crippen LogP contribution in [-0.4, -0.2) is 30.9 Å². The second-order valence-corrected chi connectivity index (χ2v) is 5.82. The quantitative estimate of drug-likeness (QED) is 0.423. The number of aromatic nitrogens is 1. The molecule has 0 amide bonds. The first-order chi connectivity index (χ1) is 11.7. The third-order valence-corrected chi connectivity index (χ3v) is 4.07. The molecular weight excluding hydrogens is 326 g/mol. The van der Waals surface area contributed by atoms with Crippen molar-refractivity contribution in [3.63, 3.8) is 0 Å². The van der Waals surface area contributed by atoms with Crippen molar-refractivity contribution in [1.29, 1.82) is 0 Å². The molecule has 0 saturated heterocycles. The molecule has 1 heterocycles. The Labute approximate surface area is 142 Å². The highest BCUT2D eigenvalue weighted by Crippen LogP contribution is 2.25. The molecule has 0 radical (unpaired) electrons. The number of esters is 1. The zero-order chi connectivity index (χ0) is 16.8. The number of fused-ring (bicyclic) bond motifs is 1. The molecule has 0 aliphatic rings. The van der Waals surface area contributed by atoms with Gasteiger partial charge in [0, 0.05) is 0 Å². The predicted octanol–water partition coefficient (Wildman–Crippen LogP) is 3.29. The monoisotopic (exact) mass is 341 g/mol. The van der Waals surface area contributed by atoms with Gasteiger partial charge in [-0.1, -0.05) is 23.5 Å². The van der Waals surface area contributed by atoms with E-state index in [9.17, 15) is 4.79 Å². The van der Waals surface area contributed by atoms with E-state index >= 15 is 0 Å². The lowest BCUT2D eigenvalue weighted by molar-refractivity contribution is -0.142. The number of ether oxygens (including phenoxy) is 2. The number of carbonyl (C=O) groups excluding carboxylic acids is 1. The molecule has 0 aliphatic heterocycles. The zero-order valence-electron chi connectivity index (χ0n) is 12.9. The Morgan fingerprint density at radius 1 is 1.25 bits per heavy atom. The fourth-order valence-electron chi connectivity index (χ4n) is 1.93. The minimum Gasteiger partial charge on any atom is -0.482 e. The summed E-state index contributed by atoms with van der Waals surface area (Å²) in [6.45, 7) is -0.108. The van der Waals surface area contributed by atoms with Crippen molar-refractivity contribution in [2.75, 3.05) is 19.1 Å². The van der Waals surface area contributed by atoms with Crippen LogP contribution in [0, 0.1) is 0 Å². The molecule has 0 spiro atoms. The number of para-hydroxylation sites is 1. The van der Waals surface area contributed by atoms with E-state index in [4.69, 9.17) is 4.74 Å². The summed E-state index contributed by atoms with van der Waals surface area (Å²) in [6.07, 6.45) is 1.69. The van der Waals surface area contributed by atoms with Crippen LogP contribution in [0.3, 0.4) is 0 Å². The smallest absolute Gasteiger partial charge is 0.343 e. The molecule has 3 rings (SSSR count). The maximum atomic E-state index is 11.0. The summed E-state index contributed by atoms with van der Waals surface area (Å²) in [6, 6.07) is 15.1. The summed E-state index contributed by atoms with van der Waals surface area (Å²) in [7, 11) is 1.32. The van der Waals surface area contributed by atoms with Gasteiger partial charge in [-0.05, 0) is 42.0 Å². The number of hydrazone groups is 1. The van der Waals surface area contributed by atoms with E-state index in [1.165, 1.54) is 7.11 Å². The number of nitrogens with zero attached hydrogens (tertiary/aromatic N) is 2. The second kappa shape index (κ2) is 7.56. The van der Waals surface area contributed by atoms with Gasteiger partial charge >= 0.3 is 5.97 Å².